The van der Waals surface area contributed by atoms with Crippen LogP contribution >= 0.6 is 0 Å². The van der Waals surface area contributed by atoms with Gasteiger partial charge in [0.2, 0.25) is 6.08 Å². The van der Waals surface area contributed by atoms with Gasteiger partial charge in [0.05, 0.1) is 13.7 Å². The number of hydrogen-bond acceptors (Lipinski definition) is 3. The van der Waals surface area contributed by atoms with Crippen LogP contribution in [0.3, 0.4) is 0 Å². The van der Waals surface area contributed by atoms with Crippen LogP contribution < -0.4 is 4.74 Å². The molecule has 3 heteroatoms. The highest BCUT2D eigenvalue weighted by molar-refractivity contribution is 5.42. The normalized spacial score (nSPS) is 18.1. The molecular formula is C12H13NO2. The van der Waals surface area contributed by atoms with Gasteiger partial charge in [-0.1, -0.05) is 6.07 Å². The van der Waals surface area contributed by atoms with Crippen molar-refractivity contribution >= 4 is 6.08 Å². The SMILES string of the molecule is COc1ccc2c(c1)CCC2CN=C=O. The molecule has 1 aromatic carbocycles. The third-order valence-corrected chi connectivity index (χ3v) is 2.93. The number of aryl methyl sites for hydroxylation is 1. The van der Waals surface area contributed by atoms with Crippen LogP contribution in [0.1, 0.15) is 23.5 Å². The number of isocyanates is 1. The number of rotatable bonds is 3. The Morgan fingerprint density at radius 2 is 2.47 bits per heavy atom. The Kier molecular flexibility index (Phi) is 2.84. The lowest BCUT2D eigenvalue weighted by atomic mass is 10.0. The van der Waals surface area contributed by atoms with E-state index in [0.717, 1.165) is 18.6 Å². The second-order valence-electron chi connectivity index (χ2n) is 3.73. The molecule has 1 aromatic rings. The van der Waals surface area contributed by atoms with Crippen molar-refractivity contribution in [2.75, 3.05) is 13.7 Å². The molecule has 1 unspecified atom stereocenters. The number of nitrogens with zero attached hydrogens (tertiary/aromatic N) is 1. The van der Waals surface area contributed by atoms with E-state index in [1.165, 1.54) is 11.1 Å². The lowest BCUT2D eigenvalue weighted by Gasteiger charge is -2.08. The van der Waals surface area contributed by atoms with Gasteiger partial charge in [-0.2, -0.15) is 0 Å². The molecule has 1 atom stereocenters. The summed E-state index contributed by atoms with van der Waals surface area (Å²) < 4.78 is 5.17. The van der Waals surface area contributed by atoms with Crippen molar-refractivity contribution in [3.63, 3.8) is 0 Å². The first-order valence-electron chi connectivity index (χ1n) is 5.05. The molecule has 0 amide bonds. The smallest absolute Gasteiger partial charge is 0.234 e. The number of fused-ring (bicyclic) bond motifs is 1. The van der Waals surface area contributed by atoms with Crippen LogP contribution in [0.15, 0.2) is 23.2 Å². The summed E-state index contributed by atoms with van der Waals surface area (Å²) in [5, 5.41) is 0. The minimum absolute atomic E-state index is 0.382. The average molecular weight is 203 g/mol. The molecule has 0 saturated carbocycles. The van der Waals surface area contributed by atoms with Gasteiger partial charge in [0, 0.05) is 5.92 Å². The maximum atomic E-state index is 10.1. The Bertz CT molecular complexity index is 408. The van der Waals surface area contributed by atoms with Gasteiger partial charge in [-0.05, 0) is 36.1 Å². The zero-order valence-electron chi connectivity index (χ0n) is 8.69. The van der Waals surface area contributed by atoms with Crippen LogP contribution in [0.25, 0.3) is 0 Å². The number of hydrogen-bond donors (Lipinski definition) is 0. The molecule has 0 aromatic heterocycles. The van der Waals surface area contributed by atoms with E-state index < -0.39 is 0 Å². The summed E-state index contributed by atoms with van der Waals surface area (Å²) >= 11 is 0. The molecule has 0 aliphatic heterocycles. The van der Waals surface area contributed by atoms with E-state index in [0.29, 0.717) is 12.5 Å². The third kappa shape index (κ3) is 1.92. The second-order valence-corrected chi connectivity index (χ2v) is 3.73. The maximum absolute atomic E-state index is 10.1. The van der Waals surface area contributed by atoms with Crippen LogP contribution in [0.5, 0.6) is 5.75 Å². The molecule has 15 heavy (non-hydrogen) atoms. The number of benzene rings is 1. The van der Waals surface area contributed by atoms with E-state index in [2.05, 4.69) is 17.1 Å². The number of aliphatic imine (C=N–C) groups is 1. The minimum atomic E-state index is 0.382. The number of carbonyl (C=O) groups excluding carboxylic acids is 1. The zero-order valence-corrected chi connectivity index (χ0v) is 8.69. The van der Waals surface area contributed by atoms with Crippen molar-refractivity contribution in [3.8, 4) is 5.75 Å². The number of ether oxygens (including phenoxy) is 1. The summed E-state index contributed by atoms with van der Waals surface area (Å²) in [5.74, 6) is 1.28. The molecule has 0 radical (unpaired) electrons. The minimum Gasteiger partial charge on any atom is -0.497 e. The van der Waals surface area contributed by atoms with Crippen molar-refractivity contribution in [3.05, 3.63) is 29.3 Å². The van der Waals surface area contributed by atoms with Gasteiger partial charge in [0.1, 0.15) is 5.75 Å². The van der Waals surface area contributed by atoms with Crippen molar-refractivity contribution in [2.45, 2.75) is 18.8 Å². The molecule has 1 aliphatic carbocycles. The second kappa shape index (κ2) is 4.28. The molecule has 0 fully saturated rings. The van der Waals surface area contributed by atoms with Gasteiger partial charge in [-0.3, -0.25) is 0 Å². The summed E-state index contributed by atoms with van der Waals surface area (Å²) in [6, 6.07) is 6.11. The highest BCUT2D eigenvalue weighted by atomic mass is 16.5. The van der Waals surface area contributed by atoms with Gasteiger partial charge in [0.25, 0.3) is 0 Å². The van der Waals surface area contributed by atoms with E-state index >= 15 is 0 Å². The van der Waals surface area contributed by atoms with E-state index in [1.807, 2.05) is 6.07 Å². The fourth-order valence-corrected chi connectivity index (χ4v) is 2.15. The van der Waals surface area contributed by atoms with Crippen molar-refractivity contribution in [2.24, 2.45) is 4.99 Å². The van der Waals surface area contributed by atoms with Gasteiger partial charge in [-0.15, -0.1) is 0 Å². The molecule has 2 rings (SSSR count). The molecular weight excluding hydrogens is 190 g/mol. The zero-order chi connectivity index (χ0) is 10.7. The van der Waals surface area contributed by atoms with E-state index in [9.17, 15) is 4.79 Å². The van der Waals surface area contributed by atoms with Gasteiger partial charge in [0.15, 0.2) is 0 Å². The Hall–Kier alpha value is -1.60. The summed E-state index contributed by atoms with van der Waals surface area (Å²) in [5.41, 5.74) is 2.62. The van der Waals surface area contributed by atoms with Gasteiger partial charge >= 0.3 is 0 Å². The molecule has 0 spiro atoms. The molecule has 0 heterocycles. The first kappa shape index (κ1) is 9.94. The van der Waals surface area contributed by atoms with Crippen LogP contribution in [0.2, 0.25) is 0 Å². The molecule has 3 nitrogen and oxygen atoms in total. The first-order valence-corrected chi connectivity index (χ1v) is 5.05. The predicted octanol–water partition coefficient (Wildman–Crippen LogP) is 2.06. The molecule has 0 bridgehead atoms. The summed E-state index contributed by atoms with van der Waals surface area (Å²) in [4.78, 5) is 13.7. The quantitative estimate of drug-likeness (QED) is 0.557. The van der Waals surface area contributed by atoms with Crippen LogP contribution in [0, 0.1) is 0 Å². The largest absolute Gasteiger partial charge is 0.497 e. The summed E-state index contributed by atoms with van der Waals surface area (Å²) in [6.45, 7) is 0.558. The predicted molar refractivity (Wildman–Crippen MR) is 57.0 cm³/mol. The Balaban J connectivity index is 2.23. The van der Waals surface area contributed by atoms with Gasteiger partial charge in [-0.25, -0.2) is 9.79 Å². The lowest BCUT2D eigenvalue weighted by molar-refractivity contribution is 0.414. The third-order valence-electron chi connectivity index (χ3n) is 2.93. The van der Waals surface area contributed by atoms with E-state index in [4.69, 9.17) is 4.74 Å². The monoisotopic (exact) mass is 203 g/mol. The van der Waals surface area contributed by atoms with Crippen molar-refractivity contribution in [1.82, 2.24) is 0 Å². The highest BCUT2D eigenvalue weighted by Gasteiger charge is 2.22. The highest BCUT2D eigenvalue weighted by Crippen LogP contribution is 2.35. The molecule has 1 aliphatic rings. The van der Waals surface area contributed by atoms with Gasteiger partial charge < -0.3 is 4.74 Å². The van der Waals surface area contributed by atoms with Crippen LogP contribution in [-0.2, 0) is 11.2 Å². The van der Waals surface area contributed by atoms with Crippen LogP contribution in [0.4, 0.5) is 0 Å². The number of methoxy groups -OCH3 is 1. The fraction of sp³-hybridized carbons (Fsp3) is 0.417. The fourth-order valence-electron chi connectivity index (χ4n) is 2.15. The van der Waals surface area contributed by atoms with Crippen LogP contribution in [-0.4, -0.2) is 19.7 Å². The molecule has 0 saturated heterocycles. The van der Waals surface area contributed by atoms with E-state index in [1.54, 1.807) is 13.2 Å². The summed E-state index contributed by atoms with van der Waals surface area (Å²) in [6.07, 6.45) is 3.71. The summed E-state index contributed by atoms with van der Waals surface area (Å²) in [7, 11) is 1.67. The molecule has 0 N–H and O–H groups in total. The molecule has 78 valence electrons. The standard InChI is InChI=1S/C12H13NO2/c1-15-11-4-5-12-9(6-11)2-3-10(12)7-13-8-14/h4-6,10H,2-3,7H2,1H3. The lowest BCUT2D eigenvalue weighted by Crippen LogP contribution is -1.97. The Morgan fingerprint density at radius 3 is 3.20 bits per heavy atom. The Labute approximate surface area is 88.8 Å². The maximum Gasteiger partial charge on any atom is 0.234 e. The first-order chi connectivity index (χ1) is 7.35. The van der Waals surface area contributed by atoms with Crippen molar-refractivity contribution < 1.29 is 9.53 Å². The average Bonchev–Trinajstić information content (AvgIpc) is 2.68. The van der Waals surface area contributed by atoms with Crippen molar-refractivity contribution in [1.29, 1.82) is 0 Å². The topological polar surface area (TPSA) is 38.7 Å². The Morgan fingerprint density at radius 1 is 1.60 bits per heavy atom. The van der Waals surface area contributed by atoms with E-state index in [-0.39, 0.29) is 0 Å².